The van der Waals surface area contributed by atoms with Gasteiger partial charge >= 0.3 is 6.09 Å². The van der Waals surface area contributed by atoms with E-state index in [9.17, 15) is 18.0 Å². The molecular weight excluding hydrogens is 332 g/mol. The van der Waals surface area contributed by atoms with Gasteiger partial charge in [-0.15, -0.1) is 0 Å². The highest BCUT2D eigenvalue weighted by Gasteiger charge is 2.28. The second-order valence-corrected chi connectivity index (χ2v) is 9.82. The molecule has 1 heterocycles. The average molecular weight is 362 g/mol. The molecule has 0 aliphatic carbocycles. The number of ether oxygens (including phenoxy) is 1. The fraction of sp³-hybridized carbons (Fsp3) is 0.875. The van der Waals surface area contributed by atoms with Crippen LogP contribution < -0.4 is 0 Å². The van der Waals surface area contributed by atoms with Crippen molar-refractivity contribution < 1.29 is 22.7 Å². The minimum absolute atomic E-state index is 0.0199. The molecule has 0 aromatic carbocycles. The Morgan fingerprint density at radius 3 is 2.21 bits per heavy atom. The summed E-state index contributed by atoms with van der Waals surface area (Å²) in [6.07, 6.45) is 2.48. The molecule has 0 saturated carbocycles. The van der Waals surface area contributed by atoms with E-state index < -0.39 is 15.4 Å². The van der Waals surface area contributed by atoms with Gasteiger partial charge in [-0.25, -0.2) is 13.2 Å². The second kappa shape index (κ2) is 8.18. The van der Waals surface area contributed by atoms with Gasteiger partial charge in [-0.05, 0) is 39.5 Å². The van der Waals surface area contributed by atoms with Crippen LogP contribution in [0.25, 0.3) is 0 Å². The topological polar surface area (TPSA) is 84.0 Å². The predicted molar refractivity (Wildman–Crippen MR) is 92.5 cm³/mol. The molecule has 1 rings (SSSR count). The molecule has 140 valence electrons. The molecule has 0 atom stereocenters. The van der Waals surface area contributed by atoms with Crippen LogP contribution in [0.4, 0.5) is 4.79 Å². The monoisotopic (exact) mass is 362 g/mol. The highest BCUT2D eigenvalue weighted by Crippen LogP contribution is 2.20. The van der Waals surface area contributed by atoms with E-state index in [1.165, 1.54) is 0 Å². The van der Waals surface area contributed by atoms with Crippen LogP contribution >= 0.6 is 0 Å². The highest BCUT2D eigenvalue weighted by molar-refractivity contribution is 7.90. The number of amides is 2. The third kappa shape index (κ3) is 7.99. The first-order valence-corrected chi connectivity index (χ1v) is 10.3. The van der Waals surface area contributed by atoms with Gasteiger partial charge in [0.15, 0.2) is 0 Å². The third-order valence-electron chi connectivity index (χ3n) is 3.91. The average Bonchev–Trinajstić information content (AvgIpc) is 2.42. The van der Waals surface area contributed by atoms with Crippen molar-refractivity contribution >= 4 is 21.8 Å². The Hall–Kier alpha value is -1.31. The SMILES string of the molecule is CN(CC1CCN(C(=O)OC(C)(C)C)CC1)C(=O)CCS(C)(=O)=O. The maximum atomic E-state index is 12.0. The van der Waals surface area contributed by atoms with Crippen LogP contribution in [0.15, 0.2) is 0 Å². The Balaban J connectivity index is 2.37. The molecule has 0 aromatic rings. The molecule has 0 bridgehead atoms. The smallest absolute Gasteiger partial charge is 0.410 e. The molecule has 0 radical (unpaired) electrons. The summed E-state index contributed by atoms with van der Waals surface area (Å²) < 4.78 is 27.6. The van der Waals surface area contributed by atoms with Gasteiger partial charge in [0.1, 0.15) is 15.4 Å². The molecule has 24 heavy (non-hydrogen) atoms. The maximum Gasteiger partial charge on any atom is 0.410 e. The number of piperidine rings is 1. The Kier molecular flexibility index (Phi) is 7.07. The number of nitrogens with zero attached hydrogens (tertiary/aromatic N) is 2. The van der Waals surface area contributed by atoms with E-state index in [4.69, 9.17) is 4.74 Å². The van der Waals surface area contributed by atoms with Crippen LogP contribution in [0.2, 0.25) is 0 Å². The molecule has 0 N–H and O–H groups in total. The number of hydrogen-bond donors (Lipinski definition) is 0. The van der Waals surface area contributed by atoms with Crippen LogP contribution in [0.1, 0.15) is 40.0 Å². The summed E-state index contributed by atoms with van der Waals surface area (Å²) in [6, 6.07) is 0. The van der Waals surface area contributed by atoms with E-state index in [0.717, 1.165) is 19.1 Å². The first kappa shape index (κ1) is 20.7. The van der Waals surface area contributed by atoms with Crippen molar-refractivity contribution in [2.45, 2.75) is 45.6 Å². The molecule has 0 aromatic heterocycles. The lowest BCUT2D eigenvalue weighted by molar-refractivity contribution is -0.130. The Labute approximate surface area is 145 Å². The molecule has 1 aliphatic heterocycles. The molecule has 0 unspecified atom stereocenters. The van der Waals surface area contributed by atoms with Crippen molar-refractivity contribution in [2.24, 2.45) is 5.92 Å². The fourth-order valence-corrected chi connectivity index (χ4v) is 3.12. The molecular formula is C16H30N2O5S. The van der Waals surface area contributed by atoms with Gasteiger partial charge in [-0.1, -0.05) is 0 Å². The number of sulfone groups is 1. The van der Waals surface area contributed by atoms with Crippen LogP contribution in [-0.2, 0) is 19.4 Å². The molecule has 1 aliphatic rings. The third-order valence-corrected chi connectivity index (χ3v) is 4.86. The van der Waals surface area contributed by atoms with E-state index in [-0.39, 0.29) is 24.2 Å². The molecule has 1 fully saturated rings. The molecule has 1 saturated heterocycles. The summed E-state index contributed by atoms with van der Waals surface area (Å²) in [5.41, 5.74) is -0.500. The highest BCUT2D eigenvalue weighted by atomic mass is 32.2. The molecule has 0 spiro atoms. The van der Waals surface area contributed by atoms with Crippen LogP contribution in [0, 0.1) is 5.92 Å². The maximum absolute atomic E-state index is 12.0. The molecule has 2 amide bonds. The summed E-state index contributed by atoms with van der Waals surface area (Å²) in [5, 5.41) is 0. The van der Waals surface area contributed by atoms with E-state index >= 15 is 0 Å². The number of carbonyl (C=O) groups excluding carboxylic acids is 2. The standard InChI is InChI=1S/C16H30N2O5S/c1-16(2,3)23-15(20)18-9-6-13(7-10-18)12-17(4)14(19)8-11-24(5,21)22/h13H,6-12H2,1-5H3. The lowest BCUT2D eigenvalue weighted by atomic mass is 9.96. The van der Waals surface area contributed by atoms with E-state index in [0.29, 0.717) is 25.6 Å². The Morgan fingerprint density at radius 1 is 1.21 bits per heavy atom. The zero-order valence-corrected chi connectivity index (χ0v) is 16.2. The van der Waals surface area contributed by atoms with Crippen molar-refractivity contribution in [3.8, 4) is 0 Å². The Bertz CT molecular complexity index is 545. The minimum Gasteiger partial charge on any atom is -0.444 e. The van der Waals surface area contributed by atoms with Gasteiger partial charge in [0.05, 0.1) is 5.75 Å². The first-order chi connectivity index (χ1) is 10.9. The minimum atomic E-state index is -3.12. The van der Waals surface area contributed by atoms with Crippen LogP contribution in [0.5, 0.6) is 0 Å². The van der Waals surface area contributed by atoms with Gasteiger partial charge in [0, 0.05) is 39.4 Å². The number of carbonyl (C=O) groups is 2. The van der Waals surface area contributed by atoms with Crippen molar-refractivity contribution in [3.05, 3.63) is 0 Å². The predicted octanol–water partition coefficient (Wildman–Crippen LogP) is 1.53. The zero-order valence-electron chi connectivity index (χ0n) is 15.4. The number of likely N-dealkylation sites (tertiary alicyclic amines) is 1. The summed E-state index contributed by atoms with van der Waals surface area (Å²) in [5.74, 6) is 0.0404. The normalized spacial score (nSPS) is 16.8. The number of rotatable bonds is 5. The van der Waals surface area contributed by atoms with Crippen molar-refractivity contribution in [1.82, 2.24) is 9.80 Å². The lowest BCUT2D eigenvalue weighted by Gasteiger charge is -2.34. The van der Waals surface area contributed by atoms with Gasteiger partial charge < -0.3 is 14.5 Å². The summed E-state index contributed by atoms with van der Waals surface area (Å²) >= 11 is 0. The van der Waals surface area contributed by atoms with E-state index in [1.54, 1.807) is 16.8 Å². The summed E-state index contributed by atoms with van der Waals surface area (Å²) in [7, 11) is -1.42. The fourth-order valence-electron chi connectivity index (χ4n) is 2.58. The largest absolute Gasteiger partial charge is 0.444 e. The quantitative estimate of drug-likeness (QED) is 0.740. The van der Waals surface area contributed by atoms with E-state index in [2.05, 4.69) is 0 Å². The summed E-state index contributed by atoms with van der Waals surface area (Å²) in [6.45, 7) is 7.35. The van der Waals surface area contributed by atoms with Crippen molar-refractivity contribution in [1.29, 1.82) is 0 Å². The lowest BCUT2D eigenvalue weighted by Crippen LogP contribution is -2.44. The molecule has 7 nitrogen and oxygen atoms in total. The van der Waals surface area contributed by atoms with Crippen molar-refractivity contribution in [3.63, 3.8) is 0 Å². The van der Waals surface area contributed by atoms with Gasteiger partial charge in [0.25, 0.3) is 0 Å². The van der Waals surface area contributed by atoms with E-state index in [1.807, 2.05) is 20.8 Å². The number of hydrogen-bond acceptors (Lipinski definition) is 5. The van der Waals surface area contributed by atoms with Crippen LogP contribution in [-0.4, -0.2) is 74.5 Å². The first-order valence-electron chi connectivity index (χ1n) is 8.27. The summed E-state index contributed by atoms with van der Waals surface area (Å²) in [4.78, 5) is 27.3. The van der Waals surface area contributed by atoms with Gasteiger partial charge in [0.2, 0.25) is 5.91 Å². The van der Waals surface area contributed by atoms with Gasteiger partial charge in [-0.2, -0.15) is 0 Å². The Morgan fingerprint density at radius 2 is 1.75 bits per heavy atom. The van der Waals surface area contributed by atoms with Gasteiger partial charge in [-0.3, -0.25) is 4.79 Å². The van der Waals surface area contributed by atoms with Crippen molar-refractivity contribution in [2.75, 3.05) is 38.7 Å². The second-order valence-electron chi connectivity index (χ2n) is 7.56. The molecule has 8 heteroatoms. The van der Waals surface area contributed by atoms with Crippen LogP contribution in [0.3, 0.4) is 0 Å². The zero-order chi connectivity index (χ0) is 18.5.